The molecule has 0 radical (unpaired) electrons. The highest BCUT2D eigenvalue weighted by Crippen LogP contribution is 2.46. The second-order valence-electron chi connectivity index (χ2n) is 7.58. The van der Waals surface area contributed by atoms with Crippen LogP contribution in [0.15, 0.2) is 15.9 Å². The number of hydrogen-bond donors (Lipinski definition) is 0. The molecule has 1 saturated heterocycles. The van der Waals surface area contributed by atoms with E-state index in [2.05, 4.69) is 35.6 Å². The summed E-state index contributed by atoms with van der Waals surface area (Å²) >= 11 is 4.80. The third kappa shape index (κ3) is 4.71. The quantitative estimate of drug-likeness (QED) is 0.468. The smallest absolute Gasteiger partial charge is 0.307 e. The molecule has 0 spiro atoms. The normalized spacial score (nSPS) is 23.8. The lowest BCUT2D eigenvalue weighted by Crippen LogP contribution is -2.42. The molecular formula is C16H25BrO4S2Si. The molecule has 1 aromatic rings. The van der Waals surface area contributed by atoms with Gasteiger partial charge in [-0.05, 0) is 46.9 Å². The van der Waals surface area contributed by atoms with Crippen molar-refractivity contribution in [2.45, 2.75) is 56.1 Å². The van der Waals surface area contributed by atoms with Crippen LogP contribution < -0.4 is 0 Å². The molecule has 0 unspecified atom stereocenters. The van der Waals surface area contributed by atoms with Crippen LogP contribution in [0, 0.1) is 0 Å². The van der Waals surface area contributed by atoms with Crippen molar-refractivity contribution in [2.24, 2.45) is 0 Å². The molecule has 1 aliphatic heterocycles. The summed E-state index contributed by atoms with van der Waals surface area (Å²) in [6.45, 7) is 7.05. The van der Waals surface area contributed by atoms with Gasteiger partial charge in [-0.25, -0.2) is 8.42 Å². The van der Waals surface area contributed by atoms with Crippen LogP contribution in [-0.4, -0.2) is 34.8 Å². The number of rotatable bonds is 6. The number of ether oxygens (including phenoxy) is 1. The summed E-state index contributed by atoms with van der Waals surface area (Å²) in [7, 11) is -4.66. The standard InChI is InChI=1S/C16H25BrO4S2Si/c1-24(2,3)11-9-21-15(18)12-16(13-6-7-14(17)22-13)8-4-5-10-23(16,19)20/h6-7H,4-5,8-12H2,1-3H3/t16-/m0/s1. The van der Waals surface area contributed by atoms with Crippen LogP contribution in [-0.2, 0) is 24.1 Å². The van der Waals surface area contributed by atoms with Crippen LogP contribution in [0.3, 0.4) is 0 Å². The van der Waals surface area contributed by atoms with Crippen molar-refractivity contribution in [3.05, 3.63) is 20.8 Å². The van der Waals surface area contributed by atoms with Gasteiger partial charge in [0.15, 0.2) is 9.84 Å². The molecule has 136 valence electrons. The molecule has 0 aliphatic carbocycles. The fourth-order valence-electron chi connectivity index (χ4n) is 2.93. The van der Waals surface area contributed by atoms with Gasteiger partial charge in [-0.3, -0.25) is 4.79 Å². The van der Waals surface area contributed by atoms with E-state index in [4.69, 9.17) is 4.74 Å². The highest BCUT2D eigenvalue weighted by molar-refractivity contribution is 9.11. The third-order valence-corrected chi connectivity index (χ3v) is 10.7. The molecule has 1 atom stereocenters. The minimum atomic E-state index is -3.38. The molecular weight excluding hydrogens is 428 g/mol. The molecule has 0 saturated carbocycles. The first-order chi connectivity index (χ1) is 11.1. The first kappa shape index (κ1) is 20.1. The second kappa shape index (κ2) is 7.59. The molecule has 1 aromatic heterocycles. The Morgan fingerprint density at radius 2 is 2.04 bits per heavy atom. The van der Waals surface area contributed by atoms with E-state index in [-0.39, 0.29) is 12.2 Å². The lowest BCUT2D eigenvalue weighted by Gasteiger charge is -2.35. The predicted octanol–water partition coefficient (Wildman–Crippen LogP) is 4.58. The zero-order valence-electron chi connectivity index (χ0n) is 14.4. The van der Waals surface area contributed by atoms with E-state index in [0.717, 1.165) is 21.1 Å². The van der Waals surface area contributed by atoms with E-state index in [1.54, 1.807) is 0 Å². The fourth-order valence-corrected chi connectivity index (χ4v) is 7.79. The third-order valence-electron chi connectivity index (χ3n) is 4.41. The maximum absolute atomic E-state index is 12.9. The van der Waals surface area contributed by atoms with Gasteiger partial charge in [0.2, 0.25) is 0 Å². The van der Waals surface area contributed by atoms with E-state index < -0.39 is 28.6 Å². The number of esters is 1. The molecule has 0 N–H and O–H groups in total. The van der Waals surface area contributed by atoms with Gasteiger partial charge in [0, 0.05) is 13.0 Å². The van der Waals surface area contributed by atoms with E-state index in [9.17, 15) is 13.2 Å². The summed E-state index contributed by atoms with van der Waals surface area (Å²) in [5.41, 5.74) is 0. The fraction of sp³-hybridized carbons (Fsp3) is 0.688. The van der Waals surface area contributed by atoms with Gasteiger partial charge in [0.1, 0.15) is 4.75 Å². The van der Waals surface area contributed by atoms with Crippen molar-refractivity contribution in [3.8, 4) is 0 Å². The first-order valence-electron chi connectivity index (χ1n) is 8.20. The molecule has 4 nitrogen and oxygen atoms in total. The van der Waals surface area contributed by atoms with Crippen molar-refractivity contribution < 1.29 is 17.9 Å². The second-order valence-corrected chi connectivity index (χ2v) is 18.1. The van der Waals surface area contributed by atoms with Crippen LogP contribution in [0.25, 0.3) is 0 Å². The van der Waals surface area contributed by atoms with Crippen molar-refractivity contribution in [1.29, 1.82) is 0 Å². The molecule has 2 heterocycles. The van der Waals surface area contributed by atoms with Crippen LogP contribution in [0.1, 0.15) is 30.6 Å². The number of hydrogen-bond acceptors (Lipinski definition) is 5. The van der Waals surface area contributed by atoms with Crippen molar-refractivity contribution in [1.82, 2.24) is 0 Å². The monoisotopic (exact) mass is 452 g/mol. The Balaban J connectivity index is 2.20. The molecule has 8 heteroatoms. The predicted molar refractivity (Wildman–Crippen MR) is 105 cm³/mol. The average Bonchev–Trinajstić information content (AvgIpc) is 2.86. The number of halogens is 1. The molecule has 0 bridgehead atoms. The summed E-state index contributed by atoms with van der Waals surface area (Å²) in [5.74, 6) is -0.256. The topological polar surface area (TPSA) is 60.4 Å². The summed E-state index contributed by atoms with van der Waals surface area (Å²) in [6, 6.07) is 4.57. The molecule has 0 amide bonds. The van der Waals surface area contributed by atoms with Gasteiger partial charge in [0.05, 0.1) is 22.6 Å². The van der Waals surface area contributed by atoms with Crippen molar-refractivity contribution in [3.63, 3.8) is 0 Å². The largest absolute Gasteiger partial charge is 0.466 e. The number of thiophene rings is 1. The van der Waals surface area contributed by atoms with E-state index in [1.807, 2.05) is 12.1 Å². The van der Waals surface area contributed by atoms with Gasteiger partial charge >= 0.3 is 5.97 Å². The minimum absolute atomic E-state index is 0.0754. The number of carbonyl (C=O) groups excluding carboxylic acids is 1. The van der Waals surface area contributed by atoms with E-state index in [0.29, 0.717) is 19.4 Å². The van der Waals surface area contributed by atoms with Crippen LogP contribution >= 0.6 is 27.3 Å². The van der Waals surface area contributed by atoms with Gasteiger partial charge in [-0.1, -0.05) is 26.1 Å². The zero-order valence-corrected chi connectivity index (χ0v) is 18.7. The molecule has 24 heavy (non-hydrogen) atoms. The Bertz CT molecular complexity index is 693. The lowest BCUT2D eigenvalue weighted by atomic mass is 9.95. The first-order valence-corrected chi connectivity index (χ1v) is 15.2. The Morgan fingerprint density at radius 1 is 1.33 bits per heavy atom. The van der Waals surface area contributed by atoms with E-state index >= 15 is 0 Å². The van der Waals surface area contributed by atoms with Gasteiger partial charge in [-0.15, -0.1) is 11.3 Å². The molecule has 2 rings (SSSR count). The Hall–Kier alpha value is -0.183. The number of carbonyl (C=O) groups is 1. The van der Waals surface area contributed by atoms with Crippen LogP contribution in [0.5, 0.6) is 0 Å². The van der Waals surface area contributed by atoms with Gasteiger partial charge in [0.25, 0.3) is 0 Å². The lowest BCUT2D eigenvalue weighted by molar-refractivity contribution is -0.144. The SMILES string of the molecule is C[Si](C)(C)CCOC(=O)C[C@]1(c2ccc(Br)s2)CCCCS1(=O)=O. The summed E-state index contributed by atoms with van der Waals surface area (Å²) < 4.78 is 30.9. The highest BCUT2D eigenvalue weighted by Gasteiger charge is 2.49. The maximum Gasteiger partial charge on any atom is 0.307 e. The minimum Gasteiger partial charge on any atom is -0.466 e. The van der Waals surface area contributed by atoms with Gasteiger partial charge < -0.3 is 4.74 Å². The van der Waals surface area contributed by atoms with Crippen LogP contribution in [0.2, 0.25) is 25.7 Å². The number of sulfone groups is 1. The van der Waals surface area contributed by atoms with E-state index in [1.165, 1.54) is 11.3 Å². The summed E-state index contributed by atoms with van der Waals surface area (Å²) in [6.07, 6.45) is 1.90. The van der Waals surface area contributed by atoms with Crippen molar-refractivity contribution in [2.75, 3.05) is 12.4 Å². The van der Waals surface area contributed by atoms with Crippen LogP contribution in [0.4, 0.5) is 0 Å². The Labute approximate surface area is 158 Å². The Morgan fingerprint density at radius 3 is 2.58 bits per heavy atom. The molecule has 1 fully saturated rings. The highest BCUT2D eigenvalue weighted by atomic mass is 79.9. The Kier molecular flexibility index (Phi) is 6.37. The summed E-state index contributed by atoms with van der Waals surface area (Å²) in [5, 5.41) is 0. The van der Waals surface area contributed by atoms with Gasteiger partial charge in [-0.2, -0.15) is 0 Å². The summed E-state index contributed by atoms with van der Waals surface area (Å²) in [4.78, 5) is 13.1. The zero-order chi connectivity index (χ0) is 18.0. The maximum atomic E-state index is 12.9. The molecule has 1 aliphatic rings. The average molecular weight is 453 g/mol. The molecule has 0 aromatic carbocycles. The van der Waals surface area contributed by atoms with Crippen molar-refractivity contribution >= 4 is 51.1 Å².